The summed E-state index contributed by atoms with van der Waals surface area (Å²) in [6.07, 6.45) is 0. The highest BCUT2D eigenvalue weighted by molar-refractivity contribution is 5.88. The molecule has 0 aliphatic carbocycles. The lowest BCUT2D eigenvalue weighted by molar-refractivity contribution is -0.386. The number of carbonyl (C=O) groups is 1. The van der Waals surface area contributed by atoms with E-state index in [1.54, 1.807) is 20.8 Å². The van der Waals surface area contributed by atoms with E-state index in [9.17, 15) is 19.3 Å². The van der Waals surface area contributed by atoms with E-state index in [2.05, 4.69) is 0 Å². The summed E-state index contributed by atoms with van der Waals surface area (Å²) in [6, 6.07) is 1.93. The van der Waals surface area contributed by atoms with Crippen LogP contribution < -0.4 is 0 Å². The number of nitro groups is 1. The molecule has 0 aliphatic heterocycles. The first-order chi connectivity index (χ1) is 7.66. The summed E-state index contributed by atoms with van der Waals surface area (Å²) in [5.41, 5.74) is -2.00. The SMILES string of the molecule is CC(C)(C)c1c([N+](=O)[O-])ccc(C(=O)O)c1F. The second kappa shape index (κ2) is 4.12. The molecule has 0 unspecified atom stereocenters. The smallest absolute Gasteiger partial charge is 0.338 e. The Morgan fingerprint density at radius 2 is 1.94 bits per heavy atom. The number of rotatable bonds is 2. The molecule has 0 radical (unpaired) electrons. The summed E-state index contributed by atoms with van der Waals surface area (Å²) in [5.74, 6) is -2.48. The number of nitrogens with zero attached hydrogens (tertiary/aromatic N) is 1. The average molecular weight is 241 g/mol. The second-order valence-corrected chi connectivity index (χ2v) is 4.63. The number of aromatic carboxylic acids is 1. The van der Waals surface area contributed by atoms with Crippen LogP contribution in [0.15, 0.2) is 12.1 Å². The number of carboxylic acid groups (broad SMARTS) is 1. The highest BCUT2D eigenvalue weighted by Crippen LogP contribution is 2.34. The van der Waals surface area contributed by atoms with Gasteiger partial charge in [0.1, 0.15) is 5.82 Å². The Balaban J connectivity index is 3.65. The molecule has 0 bridgehead atoms. The Morgan fingerprint density at radius 3 is 2.29 bits per heavy atom. The Bertz CT molecular complexity index is 491. The van der Waals surface area contributed by atoms with Gasteiger partial charge in [0.15, 0.2) is 0 Å². The molecule has 0 fully saturated rings. The van der Waals surface area contributed by atoms with Crippen LogP contribution >= 0.6 is 0 Å². The van der Waals surface area contributed by atoms with Crippen molar-refractivity contribution in [1.82, 2.24) is 0 Å². The fourth-order valence-electron chi connectivity index (χ4n) is 1.60. The van der Waals surface area contributed by atoms with Crippen molar-refractivity contribution in [2.24, 2.45) is 0 Å². The van der Waals surface area contributed by atoms with Gasteiger partial charge in [0, 0.05) is 6.07 Å². The van der Waals surface area contributed by atoms with Crippen LogP contribution in [0.1, 0.15) is 36.7 Å². The number of hydrogen-bond donors (Lipinski definition) is 1. The van der Waals surface area contributed by atoms with Crippen LogP contribution in [0.25, 0.3) is 0 Å². The summed E-state index contributed by atoms with van der Waals surface area (Å²) in [7, 11) is 0. The van der Waals surface area contributed by atoms with Crippen LogP contribution in [-0.2, 0) is 5.41 Å². The Hall–Kier alpha value is -1.98. The lowest BCUT2D eigenvalue weighted by Gasteiger charge is -2.20. The highest BCUT2D eigenvalue weighted by Gasteiger charge is 2.31. The standard InChI is InChI=1S/C11H12FNO4/c1-11(2,3)8-7(13(16)17)5-4-6(9(8)12)10(14)15/h4-5H,1-3H3,(H,14,15). The van der Waals surface area contributed by atoms with Crippen molar-refractivity contribution in [2.45, 2.75) is 26.2 Å². The van der Waals surface area contributed by atoms with Gasteiger partial charge < -0.3 is 5.11 Å². The highest BCUT2D eigenvalue weighted by atomic mass is 19.1. The van der Waals surface area contributed by atoms with Crippen molar-refractivity contribution in [3.8, 4) is 0 Å². The van der Waals surface area contributed by atoms with Gasteiger partial charge in [0.2, 0.25) is 0 Å². The summed E-state index contributed by atoms with van der Waals surface area (Å²) in [5, 5.41) is 19.6. The normalized spacial score (nSPS) is 11.3. The summed E-state index contributed by atoms with van der Waals surface area (Å²) in [6.45, 7) is 4.76. The van der Waals surface area contributed by atoms with Crippen molar-refractivity contribution in [3.05, 3.63) is 39.2 Å². The minimum atomic E-state index is -1.44. The predicted molar refractivity (Wildman–Crippen MR) is 58.7 cm³/mol. The van der Waals surface area contributed by atoms with Crippen LogP contribution in [0.2, 0.25) is 0 Å². The quantitative estimate of drug-likeness (QED) is 0.637. The third-order valence-electron chi connectivity index (χ3n) is 2.30. The number of carboxylic acids is 1. The summed E-state index contributed by atoms with van der Waals surface area (Å²) >= 11 is 0. The van der Waals surface area contributed by atoms with E-state index in [0.717, 1.165) is 12.1 Å². The number of benzene rings is 1. The lowest BCUT2D eigenvalue weighted by Crippen LogP contribution is -2.18. The van der Waals surface area contributed by atoms with Crippen LogP contribution in [0, 0.1) is 15.9 Å². The summed E-state index contributed by atoms with van der Waals surface area (Å²) < 4.78 is 14.0. The molecule has 0 atom stereocenters. The van der Waals surface area contributed by atoms with Gasteiger partial charge in [0.05, 0.1) is 16.1 Å². The van der Waals surface area contributed by atoms with Gasteiger partial charge in [-0.05, 0) is 11.5 Å². The van der Waals surface area contributed by atoms with Gasteiger partial charge in [-0.3, -0.25) is 10.1 Å². The van der Waals surface area contributed by atoms with Gasteiger partial charge in [-0.1, -0.05) is 20.8 Å². The van der Waals surface area contributed by atoms with Crippen LogP contribution in [0.3, 0.4) is 0 Å². The maximum Gasteiger partial charge on any atom is 0.338 e. The van der Waals surface area contributed by atoms with Gasteiger partial charge in [-0.2, -0.15) is 0 Å². The molecule has 0 saturated carbocycles. The minimum absolute atomic E-state index is 0.192. The zero-order chi connectivity index (χ0) is 13.4. The first kappa shape index (κ1) is 13.1. The van der Waals surface area contributed by atoms with E-state index in [0.29, 0.717) is 0 Å². The molecule has 17 heavy (non-hydrogen) atoms. The van der Waals surface area contributed by atoms with E-state index in [1.807, 2.05) is 0 Å². The molecule has 1 aromatic carbocycles. The topological polar surface area (TPSA) is 80.4 Å². The van der Waals surface area contributed by atoms with Crippen molar-refractivity contribution >= 4 is 11.7 Å². The molecule has 92 valence electrons. The fraction of sp³-hybridized carbons (Fsp3) is 0.364. The van der Waals surface area contributed by atoms with Crippen molar-refractivity contribution in [3.63, 3.8) is 0 Å². The number of hydrogen-bond acceptors (Lipinski definition) is 3. The van der Waals surface area contributed by atoms with Crippen molar-refractivity contribution in [2.75, 3.05) is 0 Å². The average Bonchev–Trinajstić information content (AvgIpc) is 2.14. The van der Waals surface area contributed by atoms with E-state index in [1.165, 1.54) is 0 Å². The molecule has 0 aromatic heterocycles. The zero-order valence-electron chi connectivity index (χ0n) is 9.65. The van der Waals surface area contributed by atoms with Gasteiger partial charge in [0.25, 0.3) is 5.69 Å². The van der Waals surface area contributed by atoms with Crippen molar-refractivity contribution in [1.29, 1.82) is 0 Å². The van der Waals surface area contributed by atoms with E-state index in [4.69, 9.17) is 5.11 Å². The third kappa shape index (κ3) is 2.41. The Kier molecular flexibility index (Phi) is 3.17. The fourth-order valence-corrected chi connectivity index (χ4v) is 1.60. The van der Waals surface area contributed by atoms with Crippen molar-refractivity contribution < 1.29 is 19.2 Å². The Morgan fingerprint density at radius 1 is 1.41 bits per heavy atom. The maximum absolute atomic E-state index is 14.0. The molecule has 5 nitrogen and oxygen atoms in total. The van der Waals surface area contributed by atoms with Crippen LogP contribution in [0.5, 0.6) is 0 Å². The molecule has 1 aromatic rings. The molecule has 6 heteroatoms. The van der Waals surface area contributed by atoms with E-state index >= 15 is 0 Å². The van der Waals surface area contributed by atoms with Gasteiger partial charge >= 0.3 is 5.97 Å². The lowest BCUT2D eigenvalue weighted by atomic mass is 9.84. The molecular formula is C11H12FNO4. The van der Waals surface area contributed by atoms with Gasteiger partial charge in [-0.25, -0.2) is 9.18 Å². The number of halogens is 1. The largest absolute Gasteiger partial charge is 0.478 e. The second-order valence-electron chi connectivity index (χ2n) is 4.63. The molecule has 0 saturated heterocycles. The first-order valence-electron chi connectivity index (χ1n) is 4.87. The van der Waals surface area contributed by atoms with Gasteiger partial charge in [-0.15, -0.1) is 0 Å². The molecule has 0 aliphatic rings. The maximum atomic E-state index is 14.0. The monoisotopic (exact) mass is 241 g/mol. The third-order valence-corrected chi connectivity index (χ3v) is 2.30. The summed E-state index contributed by atoms with van der Waals surface area (Å²) in [4.78, 5) is 20.9. The van der Waals surface area contributed by atoms with Crippen LogP contribution in [-0.4, -0.2) is 16.0 Å². The molecule has 1 N–H and O–H groups in total. The molecule has 0 heterocycles. The molecular weight excluding hydrogens is 229 g/mol. The van der Waals surface area contributed by atoms with Crippen LogP contribution in [0.4, 0.5) is 10.1 Å². The van der Waals surface area contributed by atoms with E-state index < -0.39 is 33.4 Å². The number of nitro benzene ring substituents is 1. The minimum Gasteiger partial charge on any atom is -0.478 e. The first-order valence-corrected chi connectivity index (χ1v) is 4.87. The Labute approximate surface area is 97.0 Å². The molecule has 0 amide bonds. The van der Waals surface area contributed by atoms with E-state index in [-0.39, 0.29) is 5.56 Å². The molecule has 0 spiro atoms. The predicted octanol–water partition coefficient (Wildman–Crippen LogP) is 2.73. The molecule has 1 rings (SSSR count). The zero-order valence-corrected chi connectivity index (χ0v) is 9.65.